The van der Waals surface area contributed by atoms with E-state index in [0.29, 0.717) is 18.8 Å². The lowest BCUT2D eigenvalue weighted by Gasteiger charge is -2.29. The van der Waals surface area contributed by atoms with Gasteiger partial charge in [-0.15, -0.1) is 0 Å². The third-order valence-corrected chi connectivity index (χ3v) is 6.26. The summed E-state index contributed by atoms with van der Waals surface area (Å²) in [5.74, 6) is 1.45. The molecule has 1 amide bonds. The van der Waals surface area contributed by atoms with E-state index in [2.05, 4.69) is 47.6 Å². The molecule has 172 valence electrons. The number of aromatic nitrogens is 1. The highest BCUT2D eigenvalue weighted by atomic mass is 16.5. The van der Waals surface area contributed by atoms with E-state index in [1.165, 1.54) is 0 Å². The van der Waals surface area contributed by atoms with Crippen LogP contribution in [0.3, 0.4) is 0 Å². The van der Waals surface area contributed by atoms with Crippen molar-refractivity contribution in [2.45, 2.75) is 51.2 Å². The number of carbonyl (C=O) groups is 1. The van der Waals surface area contributed by atoms with Gasteiger partial charge in [0.1, 0.15) is 30.6 Å². The quantitative estimate of drug-likeness (QED) is 0.721. The zero-order valence-electron chi connectivity index (χ0n) is 18.8. The van der Waals surface area contributed by atoms with Gasteiger partial charge in [-0.2, -0.15) is 0 Å². The fourth-order valence-electron chi connectivity index (χ4n) is 4.60. The molecule has 9 heteroatoms. The Kier molecular flexibility index (Phi) is 6.19. The summed E-state index contributed by atoms with van der Waals surface area (Å²) in [6, 6.07) is 1.96. The highest BCUT2D eigenvalue weighted by molar-refractivity contribution is 6.03. The summed E-state index contributed by atoms with van der Waals surface area (Å²) in [5, 5.41) is 6.10. The predicted octanol–water partition coefficient (Wildman–Crippen LogP) is 2.31. The molecule has 4 heterocycles. The maximum absolute atomic E-state index is 12.5. The Morgan fingerprint density at radius 3 is 3.21 bits per heavy atom. The molecule has 2 bridgehead atoms. The first-order valence-corrected chi connectivity index (χ1v) is 11.7. The number of pyridine rings is 1. The van der Waals surface area contributed by atoms with Gasteiger partial charge >= 0.3 is 0 Å². The summed E-state index contributed by atoms with van der Waals surface area (Å²) < 4.78 is 6.39. The Morgan fingerprint density at radius 2 is 2.30 bits per heavy atom. The average Bonchev–Trinajstić information content (AvgIpc) is 3.20. The molecule has 0 aromatic carbocycles. The van der Waals surface area contributed by atoms with Crippen LogP contribution in [0, 0.1) is 0 Å². The fraction of sp³-hybridized carbons (Fsp3) is 0.458. The first-order valence-electron chi connectivity index (χ1n) is 11.7. The smallest absolute Gasteiger partial charge is 0.270 e. The zero-order chi connectivity index (χ0) is 22.6. The van der Waals surface area contributed by atoms with E-state index in [4.69, 9.17) is 4.74 Å². The van der Waals surface area contributed by atoms with E-state index in [1.807, 2.05) is 13.0 Å². The van der Waals surface area contributed by atoms with Crippen LogP contribution in [0.1, 0.15) is 54.4 Å². The average molecular weight is 448 g/mol. The number of amides is 1. The van der Waals surface area contributed by atoms with Crippen molar-refractivity contribution < 1.29 is 9.53 Å². The molecule has 1 aromatic heterocycles. The van der Waals surface area contributed by atoms with E-state index in [9.17, 15) is 4.79 Å². The van der Waals surface area contributed by atoms with Crippen molar-refractivity contribution in [1.29, 1.82) is 0 Å². The second-order valence-electron chi connectivity index (χ2n) is 8.44. The van der Waals surface area contributed by atoms with E-state index in [1.54, 1.807) is 18.7 Å². The lowest BCUT2D eigenvalue weighted by Crippen LogP contribution is -2.42. The molecule has 33 heavy (non-hydrogen) atoms. The van der Waals surface area contributed by atoms with Gasteiger partial charge < -0.3 is 20.3 Å². The summed E-state index contributed by atoms with van der Waals surface area (Å²) in [6.45, 7) is 3.87. The molecular formula is C24H29N7O2. The molecular weight excluding hydrogens is 418 g/mol. The number of hydrogen-bond acceptors (Lipinski definition) is 8. The predicted molar refractivity (Wildman–Crippen MR) is 129 cm³/mol. The summed E-state index contributed by atoms with van der Waals surface area (Å²) in [4.78, 5) is 32.8. The number of nitrogens with one attached hydrogen (secondary N) is 2. The highest BCUT2D eigenvalue weighted by Crippen LogP contribution is 2.30. The minimum Gasteiger partial charge on any atom is -0.491 e. The number of hydrogen-bond donors (Lipinski definition) is 2. The largest absolute Gasteiger partial charge is 0.491 e. The van der Waals surface area contributed by atoms with Crippen LogP contribution < -0.4 is 15.4 Å². The van der Waals surface area contributed by atoms with Crippen LogP contribution in [-0.2, 0) is 6.42 Å². The van der Waals surface area contributed by atoms with Crippen molar-refractivity contribution in [3.63, 3.8) is 0 Å². The monoisotopic (exact) mass is 447 g/mol. The van der Waals surface area contributed by atoms with Gasteiger partial charge in [0, 0.05) is 31.1 Å². The Balaban J connectivity index is 1.37. The molecule has 2 atom stereocenters. The van der Waals surface area contributed by atoms with Crippen molar-refractivity contribution in [2.75, 3.05) is 19.7 Å². The molecule has 2 unspecified atom stereocenters. The van der Waals surface area contributed by atoms with Crippen molar-refractivity contribution in [2.24, 2.45) is 15.0 Å². The second kappa shape index (κ2) is 9.56. The van der Waals surface area contributed by atoms with Crippen molar-refractivity contribution >= 4 is 30.5 Å². The number of ether oxygens (including phenoxy) is 1. The molecule has 4 aliphatic rings. The van der Waals surface area contributed by atoms with Crippen LogP contribution in [0.2, 0.25) is 0 Å². The summed E-state index contributed by atoms with van der Waals surface area (Å²) in [7, 11) is 0. The topological polar surface area (TPSA) is 104 Å². The third-order valence-electron chi connectivity index (χ3n) is 6.26. The summed E-state index contributed by atoms with van der Waals surface area (Å²) in [5.41, 5.74) is 3.25. The van der Waals surface area contributed by atoms with Crippen LogP contribution in [-0.4, -0.2) is 66.2 Å². The lowest BCUT2D eigenvalue weighted by molar-refractivity contribution is 0.0950. The standard InChI is InChI=1S/C24H29N7O2/c1-2-25-24(32)20-12-21(17-7-3-4-8-18(17)30-20)33-13-16-6-5-11-31(16)23-19-9-10-22(27-14-26-19)28-15-29-23/h4,8-9,12,14-16,22H,2-3,5-7,10-11,13H2,1H3,(H,25,32)(H,26,27). The number of carbonyl (C=O) groups excluding carboxylic acids is 1. The Morgan fingerprint density at radius 1 is 1.36 bits per heavy atom. The lowest BCUT2D eigenvalue weighted by atomic mass is 10.0. The van der Waals surface area contributed by atoms with Crippen LogP contribution in [0.4, 0.5) is 0 Å². The number of likely N-dealkylation sites (tertiary alicyclic amines) is 1. The van der Waals surface area contributed by atoms with Gasteiger partial charge in [0.25, 0.3) is 5.91 Å². The minimum atomic E-state index is -0.180. The molecule has 0 saturated carbocycles. The van der Waals surface area contributed by atoms with Crippen molar-refractivity contribution in [3.8, 4) is 5.75 Å². The Bertz CT molecular complexity index is 1070. The summed E-state index contributed by atoms with van der Waals surface area (Å²) >= 11 is 0. The van der Waals surface area contributed by atoms with Gasteiger partial charge in [-0.25, -0.2) is 20.0 Å². The Labute approximate surface area is 193 Å². The molecule has 0 spiro atoms. The van der Waals surface area contributed by atoms with Gasteiger partial charge in [-0.1, -0.05) is 12.2 Å². The minimum absolute atomic E-state index is 0.107. The van der Waals surface area contributed by atoms with Crippen LogP contribution in [0.5, 0.6) is 5.75 Å². The van der Waals surface area contributed by atoms with Gasteiger partial charge in [0.2, 0.25) is 0 Å². The Hall–Kier alpha value is -3.49. The summed E-state index contributed by atoms with van der Waals surface area (Å²) in [6.07, 6.45) is 14.1. The second-order valence-corrected chi connectivity index (χ2v) is 8.44. The fourth-order valence-corrected chi connectivity index (χ4v) is 4.60. The molecule has 5 rings (SSSR count). The van der Waals surface area contributed by atoms with Gasteiger partial charge in [0.15, 0.2) is 5.84 Å². The first-order chi connectivity index (χ1) is 16.2. The molecule has 9 nitrogen and oxygen atoms in total. The maximum atomic E-state index is 12.5. The third kappa shape index (κ3) is 4.53. The van der Waals surface area contributed by atoms with E-state index >= 15 is 0 Å². The number of aliphatic imine (C=N–C) groups is 3. The number of amidine groups is 1. The molecule has 3 aliphatic heterocycles. The number of nitrogens with zero attached hydrogens (tertiary/aromatic N) is 5. The number of fused-ring (bicyclic) bond motifs is 3. The van der Waals surface area contributed by atoms with Crippen LogP contribution >= 0.6 is 0 Å². The zero-order valence-corrected chi connectivity index (χ0v) is 18.8. The molecule has 1 aliphatic carbocycles. The highest BCUT2D eigenvalue weighted by Gasteiger charge is 2.31. The first kappa shape index (κ1) is 21.4. The number of rotatable bonds is 5. The van der Waals surface area contributed by atoms with E-state index < -0.39 is 0 Å². The van der Waals surface area contributed by atoms with E-state index in [-0.39, 0.29) is 18.1 Å². The maximum Gasteiger partial charge on any atom is 0.270 e. The van der Waals surface area contributed by atoms with Gasteiger partial charge in [-0.3, -0.25) is 4.79 Å². The van der Waals surface area contributed by atoms with E-state index in [0.717, 1.165) is 67.2 Å². The van der Waals surface area contributed by atoms with Crippen LogP contribution in [0.15, 0.2) is 38.9 Å². The molecule has 1 aromatic rings. The van der Waals surface area contributed by atoms with Crippen LogP contribution in [0.25, 0.3) is 6.08 Å². The normalized spacial score (nSPS) is 23.1. The molecule has 1 fully saturated rings. The number of allylic oxidation sites excluding steroid dienone is 1. The van der Waals surface area contributed by atoms with Gasteiger partial charge in [-0.05, 0) is 38.7 Å². The SMILES string of the molecule is CCNC(=O)c1cc(OCC2CCCN2C2=NC=NC3CC=C2NC=N3)c2c(n1)C=CCC2. The van der Waals surface area contributed by atoms with Gasteiger partial charge in [0.05, 0.1) is 23.8 Å². The van der Waals surface area contributed by atoms with Crippen molar-refractivity contribution in [3.05, 3.63) is 40.9 Å². The molecule has 1 saturated heterocycles. The van der Waals surface area contributed by atoms with Crippen molar-refractivity contribution in [1.82, 2.24) is 20.5 Å². The molecule has 0 radical (unpaired) electrons. The molecule has 2 N–H and O–H groups in total.